The number of rotatable bonds is 12. The molecule has 0 bridgehead atoms. The van der Waals surface area contributed by atoms with E-state index >= 15 is 0 Å². The molecule has 206 valence electrons. The summed E-state index contributed by atoms with van der Waals surface area (Å²) >= 11 is 1.44. The third-order valence-corrected chi connectivity index (χ3v) is 7.24. The van der Waals surface area contributed by atoms with Gasteiger partial charge in [0.2, 0.25) is 6.41 Å². The highest BCUT2D eigenvalue weighted by Crippen LogP contribution is 2.42. The molecular formula is C30H30N4O5S. The average Bonchev–Trinajstić information content (AvgIpc) is 3.45. The van der Waals surface area contributed by atoms with Crippen LogP contribution in [-0.4, -0.2) is 56.0 Å². The molecule has 2 atom stereocenters. The van der Waals surface area contributed by atoms with Crippen molar-refractivity contribution in [2.45, 2.75) is 29.8 Å². The summed E-state index contributed by atoms with van der Waals surface area (Å²) in [5, 5.41) is 22.6. The van der Waals surface area contributed by atoms with E-state index in [9.17, 15) is 10.2 Å². The van der Waals surface area contributed by atoms with Crippen LogP contribution in [0.5, 0.6) is 5.75 Å². The SMILES string of the molecule is COc1ccc(C(OC(O)CCOC(O)n2cnc3c(SC)ncnc32)(c2ccccc2)c2ccccc2)cc1. The molecule has 0 radical (unpaired) electrons. The molecule has 2 aromatic heterocycles. The summed E-state index contributed by atoms with van der Waals surface area (Å²) in [4.78, 5) is 12.7. The number of nitrogens with zero attached hydrogens (tertiary/aromatic N) is 4. The molecule has 0 saturated carbocycles. The van der Waals surface area contributed by atoms with Crippen molar-refractivity contribution in [3.05, 3.63) is 114 Å². The number of fused-ring (bicyclic) bond motifs is 1. The Kier molecular flexibility index (Phi) is 8.73. The summed E-state index contributed by atoms with van der Waals surface area (Å²) in [6, 6.07) is 27.1. The summed E-state index contributed by atoms with van der Waals surface area (Å²) in [5.74, 6) is 0.712. The van der Waals surface area contributed by atoms with Crippen LogP contribution in [0.2, 0.25) is 0 Å². The first-order valence-corrected chi connectivity index (χ1v) is 13.9. The molecule has 40 heavy (non-hydrogen) atoms. The second-order valence-corrected chi connectivity index (χ2v) is 9.70. The molecule has 0 aliphatic heterocycles. The highest BCUT2D eigenvalue weighted by atomic mass is 32.2. The smallest absolute Gasteiger partial charge is 0.244 e. The Labute approximate surface area is 236 Å². The van der Waals surface area contributed by atoms with Crippen LogP contribution in [0.3, 0.4) is 0 Å². The van der Waals surface area contributed by atoms with Crippen LogP contribution in [0.15, 0.2) is 103 Å². The van der Waals surface area contributed by atoms with Gasteiger partial charge in [-0.1, -0.05) is 72.8 Å². The van der Waals surface area contributed by atoms with Crippen LogP contribution >= 0.6 is 11.8 Å². The van der Waals surface area contributed by atoms with Crippen LogP contribution in [-0.2, 0) is 15.1 Å². The van der Waals surface area contributed by atoms with E-state index in [0.717, 1.165) is 16.7 Å². The molecule has 0 spiro atoms. The summed E-state index contributed by atoms with van der Waals surface area (Å²) in [7, 11) is 1.62. The van der Waals surface area contributed by atoms with Crippen molar-refractivity contribution in [1.82, 2.24) is 19.5 Å². The Morgan fingerprint density at radius 2 is 1.48 bits per heavy atom. The van der Waals surface area contributed by atoms with Crippen LogP contribution < -0.4 is 4.74 Å². The fourth-order valence-electron chi connectivity index (χ4n) is 4.63. The zero-order valence-corrected chi connectivity index (χ0v) is 22.9. The predicted molar refractivity (Wildman–Crippen MR) is 152 cm³/mol. The van der Waals surface area contributed by atoms with Crippen molar-refractivity contribution in [3.8, 4) is 5.75 Å². The highest BCUT2D eigenvalue weighted by Gasteiger charge is 2.39. The van der Waals surface area contributed by atoms with E-state index < -0.39 is 18.3 Å². The Morgan fingerprint density at radius 1 is 0.850 bits per heavy atom. The summed E-state index contributed by atoms with van der Waals surface area (Å²) < 4.78 is 19.0. The van der Waals surface area contributed by atoms with Gasteiger partial charge in [0.15, 0.2) is 11.9 Å². The van der Waals surface area contributed by atoms with Crippen LogP contribution in [0.4, 0.5) is 0 Å². The van der Waals surface area contributed by atoms with E-state index in [0.29, 0.717) is 21.9 Å². The topological polar surface area (TPSA) is 112 Å². The second-order valence-electron chi connectivity index (χ2n) is 8.91. The van der Waals surface area contributed by atoms with Gasteiger partial charge in [0, 0.05) is 6.42 Å². The number of benzene rings is 3. The van der Waals surface area contributed by atoms with E-state index in [4.69, 9.17) is 14.2 Å². The average molecular weight is 559 g/mol. The minimum absolute atomic E-state index is 0.00471. The number of methoxy groups -OCH3 is 1. The summed E-state index contributed by atoms with van der Waals surface area (Å²) in [6.45, 7) is 0.00471. The number of imidazole rings is 1. The Bertz CT molecular complexity index is 1480. The van der Waals surface area contributed by atoms with Gasteiger partial charge in [0.05, 0.1) is 13.7 Å². The predicted octanol–water partition coefficient (Wildman–Crippen LogP) is 4.74. The normalized spacial score (nSPS) is 13.3. The van der Waals surface area contributed by atoms with Gasteiger partial charge in [-0.2, -0.15) is 0 Å². The molecule has 0 aliphatic rings. The molecule has 2 heterocycles. The van der Waals surface area contributed by atoms with E-state index in [1.165, 1.54) is 29.0 Å². The minimum Gasteiger partial charge on any atom is -0.497 e. The highest BCUT2D eigenvalue weighted by molar-refractivity contribution is 7.98. The van der Waals surface area contributed by atoms with E-state index in [1.807, 2.05) is 91.2 Å². The lowest BCUT2D eigenvalue weighted by molar-refractivity contribution is -0.192. The first-order valence-electron chi connectivity index (χ1n) is 12.7. The number of hydrogen-bond donors (Lipinski definition) is 2. The Balaban J connectivity index is 1.39. The lowest BCUT2D eigenvalue weighted by Gasteiger charge is -2.37. The molecule has 0 fully saturated rings. The second kappa shape index (κ2) is 12.6. The van der Waals surface area contributed by atoms with Gasteiger partial charge in [-0.25, -0.2) is 15.0 Å². The van der Waals surface area contributed by atoms with Crippen LogP contribution in [0, 0.1) is 0 Å². The first-order chi connectivity index (χ1) is 19.6. The third kappa shape index (κ3) is 5.58. The van der Waals surface area contributed by atoms with Gasteiger partial charge < -0.3 is 24.4 Å². The Morgan fingerprint density at radius 3 is 2.08 bits per heavy atom. The quantitative estimate of drug-likeness (QED) is 0.0971. The maximum atomic E-state index is 11.2. The van der Waals surface area contributed by atoms with E-state index in [1.54, 1.807) is 7.11 Å². The van der Waals surface area contributed by atoms with Crippen molar-refractivity contribution >= 4 is 22.9 Å². The maximum Gasteiger partial charge on any atom is 0.244 e. The molecule has 2 unspecified atom stereocenters. The number of thioether (sulfide) groups is 1. The molecule has 3 aromatic carbocycles. The Hall–Kier alpha value is -3.80. The van der Waals surface area contributed by atoms with Gasteiger partial charge in [-0.3, -0.25) is 4.57 Å². The monoisotopic (exact) mass is 558 g/mol. The van der Waals surface area contributed by atoms with E-state index in [-0.39, 0.29) is 13.0 Å². The van der Waals surface area contributed by atoms with Crippen LogP contribution in [0.1, 0.15) is 29.5 Å². The number of hydrogen-bond acceptors (Lipinski definition) is 9. The zero-order valence-electron chi connectivity index (χ0n) is 22.1. The number of aliphatic hydroxyl groups excluding tert-OH is 2. The van der Waals surface area contributed by atoms with Gasteiger partial charge in [-0.15, -0.1) is 11.8 Å². The van der Waals surface area contributed by atoms with Gasteiger partial charge in [0.1, 0.15) is 34.5 Å². The zero-order chi connectivity index (χ0) is 28.0. The molecule has 0 aliphatic carbocycles. The molecule has 5 aromatic rings. The molecule has 10 heteroatoms. The van der Waals surface area contributed by atoms with Gasteiger partial charge >= 0.3 is 0 Å². The number of ether oxygens (including phenoxy) is 3. The fourth-order valence-corrected chi connectivity index (χ4v) is 5.12. The molecule has 0 amide bonds. The minimum atomic E-state index is -1.35. The standard InChI is InChI=1S/C30H30N4O5S/c1-37-24-15-13-23(14-16-24)30(21-9-5-3-6-10-21,22-11-7-4-8-12-22)39-25(35)17-18-38-29(36)34-20-33-26-27(34)31-19-32-28(26)40-2/h3-16,19-20,25,29,35-36H,17-18H2,1-2H3. The van der Waals surface area contributed by atoms with Crippen molar-refractivity contribution in [2.24, 2.45) is 0 Å². The third-order valence-electron chi connectivity index (χ3n) is 6.56. The molecule has 2 N–H and O–H groups in total. The number of aromatic nitrogens is 4. The van der Waals surface area contributed by atoms with Crippen molar-refractivity contribution in [2.75, 3.05) is 20.0 Å². The first kappa shape index (κ1) is 27.8. The molecular weight excluding hydrogens is 528 g/mol. The van der Waals surface area contributed by atoms with Gasteiger partial charge in [-0.05, 0) is 35.1 Å². The largest absolute Gasteiger partial charge is 0.497 e. The van der Waals surface area contributed by atoms with Gasteiger partial charge in [0.25, 0.3) is 0 Å². The lowest BCUT2D eigenvalue weighted by atomic mass is 9.80. The molecule has 9 nitrogen and oxygen atoms in total. The van der Waals surface area contributed by atoms with E-state index in [2.05, 4.69) is 15.0 Å². The summed E-state index contributed by atoms with van der Waals surface area (Å²) in [5.41, 5.74) is 2.42. The van der Waals surface area contributed by atoms with Crippen molar-refractivity contribution in [1.29, 1.82) is 0 Å². The maximum absolute atomic E-state index is 11.2. The van der Waals surface area contributed by atoms with Crippen LogP contribution in [0.25, 0.3) is 11.2 Å². The summed E-state index contributed by atoms with van der Waals surface area (Å²) in [6.07, 6.45) is 2.27. The van der Waals surface area contributed by atoms with Crippen molar-refractivity contribution in [3.63, 3.8) is 0 Å². The van der Waals surface area contributed by atoms with Crippen molar-refractivity contribution < 1.29 is 24.4 Å². The number of aliphatic hydroxyl groups is 2. The lowest BCUT2D eigenvalue weighted by Crippen LogP contribution is -2.37. The molecule has 0 saturated heterocycles. The molecule has 5 rings (SSSR count). The fraction of sp³-hybridized carbons (Fsp3) is 0.233.